The molecule has 158 valence electrons. The van der Waals surface area contributed by atoms with Crippen molar-refractivity contribution in [2.75, 3.05) is 11.8 Å². The summed E-state index contributed by atoms with van der Waals surface area (Å²) in [5.74, 6) is 1.29. The number of aryl methyl sites for hydroxylation is 1. The minimum atomic E-state index is -0.440. The SMILES string of the molecule is C[C@@H]1Cc2cc3c(cc2C(c2ccc([N+](=O)[O-])cc2)=NN1c1nc(=O)n(C)s1)OCO3. The van der Waals surface area contributed by atoms with E-state index in [9.17, 15) is 14.9 Å². The van der Waals surface area contributed by atoms with Crippen LogP contribution in [0.5, 0.6) is 11.5 Å². The second-order valence-electron chi connectivity index (χ2n) is 7.28. The molecule has 10 nitrogen and oxygen atoms in total. The fourth-order valence-corrected chi connectivity index (χ4v) is 4.44. The van der Waals surface area contributed by atoms with Gasteiger partial charge in [0.2, 0.25) is 11.9 Å². The van der Waals surface area contributed by atoms with Gasteiger partial charge in [-0.15, -0.1) is 0 Å². The first-order chi connectivity index (χ1) is 14.9. The van der Waals surface area contributed by atoms with Gasteiger partial charge in [0.25, 0.3) is 5.69 Å². The minimum absolute atomic E-state index is 0.00273. The van der Waals surface area contributed by atoms with Crippen LogP contribution in [0, 0.1) is 10.1 Å². The Morgan fingerprint density at radius 3 is 2.55 bits per heavy atom. The molecule has 1 atom stereocenters. The molecular weight excluding hydrogens is 422 g/mol. The maximum absolute atomic E-state index is 12.0. The first kappa shape index (κ1) is 19.2. The molecule has 1 aromatic heterocycles. The first-order valence-corrected chi connectivity index (χ1v) is 10.3. The summed E-state index contributed by atoms with van der Waals surface area (Å²) >= 11 is 1.21. The predicted octanol–water partition coefficient (Wildman–Crippen LogP) is 2.68. The van der Waals surface area contributed by atoms with E-state index in [0.29, 0.717) is 34.3 Å². The average Bonchev–Trinajstić information content (AvgIpc) is 3.30. The van der Waals surface area contributed by atoms with Crippen LogP contribution in [0.2, 0.25) is 0 Å². The van der Waals surface area contributed by atoms with Crippen LogP contribution in [-0.4, -0.2) is 32.4 Å². The van der Waals surface area contributed by atoms with Gasteiger partial charge in [0.1, 0.15) is 0 Å². The summed E-state index contributed by atoms with van der Waals surface area (Å²) in [7, 11) is 1.65. The van der Waals surface area contributed by atoms with Crippen molar-refractivity contribution in [1.82, 2.24) is 8.94 Å². The lowest BCUT2D eigenvalue weighted by Gasteiger charge is -2.21. The maximum atomic E-state index is 12.0. The van der Waals surface area contributed by atoms with Gasteiger partial charge in [0, 0.05) is 30.3 Å². The highest BCUT2D eigenvalue weighted by atomic mass is 32.1. The van der Waals surface area contributed by atoms with Crippen molar-refractivity contribution >= 4 is 28.1 Å². The van der Waals surface area contributed by atoms with Crippen molar-refractivity contribution in [3.8, 4) is 11.5 Å². The molecule has 2 aromatic carbocycles. The molecule has 0 saturated heterocycles. The number of rotatable bonds is 3. The van der Waals surface area contributed by atoms with E-state index >= 15 is 0 Å². The third-order valence-electron chi connectivity index (χ3n) is 5.22. The van der Waals surface area contributed by atoms with Gasteiger partial charge in [-0.3, -0.25) is 10.1 Å². The summed E-state index contributed by atoms with van der Waals surface area (Å²) in [6.45, 7) is 2.16. The Bertz CT molecular complexity index is 1280. The lowest BCUT2D eigenvalue weighted by molar-refractivity contribution is -0.384. The van der Waals surface area contributed by atoms with E-state index in [1.807, 2.05) is 19.1 Å². The Kier molecular flexibility index (Phi) is 4.47. The number of benzene rings is 2. The normalized spacial score (nSPS) is 17.2. The van der Waals surface area contributed by atoms with Crippen LogP contribution in [0.1, 0.15) is 23.6 Å². The molecule has 3 aromatic rings. The highest BCUT2D eigenvalue weighted by molar-refractivity contribution is 7.10. The predicted molar refractivity (Wildman–Crippen MR) is 114 cm³/mol. The molecule has 0 spiro atoms. The summed E-state index contributed by atoms with van der Waals surface area (Å²) in [6, 6.07) is 9.96. The van der Waals surface area contributed by atoms with Gasteiger partial charge in [-0.05, 0) is 54.7 Å². The molecule has 0 aliphatic carbocycles. The molecule has 11 heteroatoms. The van der Waals surface area contributed by atoms with Crippen LogP contribution >= 0.6 is 11.5 Å². The van der Waals surface area contributed by atoms with E-state index in [0.717, 1.165) is 11.1 Å². The van der Waals surface area contributed by atoms with Crippen LogP contribution in [0.15, 0.2) is 46.3 Å². The Hall–Kier alpha value is -3.73. The number of aromatic nitrogens is 2. The molecule has 0 radical (unpaired) electrons. The molecule has 0 N–H and O–H groups in total. The zero-order chi connectivity index (χ0) is 21.7. The minimum Gasteiger partial charge on any atom is -0.454 e. The number of hydrogen-bond acceptors (Lipinski definition) is 9. The van der Waals surface area contributed by atoms with Gasteiger partial charge >= 0.3 is 5.69 Å². The summed E-state index contributed by atoms with van der Waals surface area (Å²) in [6.07, 6.45) is 0.628. The number of anilines is 1. The molecule has 31 heavy (non-hydrogen) atoms. The topological polar surface area (TPSA) is 112 Å². The third-order valence-corrected chi connectivity index (χ3v) is 6.09. The fraction of sp³-hybridized carbons (Fsp3) is 0.250. The van der Waals surface area contributed by atoms with Gasteiger partial charge in [-0.25, -0.2) is 13.8 Å². The molecule has 0 bridgehead atoms. The molecule has 2 aliphatic heterocycles. The lowest BCUT2D eigenvalue weighted by Crippen LogP contribution is -2.29. The summed E-state index contributed by atoms with van der Waals surface area (Å²) < 4.78 is 12.6. The lowest BCUT2D eigenvalue weighted by atomic mass is 9.94. The second-order valence-corrected chi connectivity index (χ2v) is 8.37. The smallest absolute Gasteiger partial charge is 0.359 e. The Morgan fingerprint density at radius 1 is 1.19 bits per heavy atom. The van der Waals surface area contributed by atoms with E-state index in [1.54, 1.807) is 24.2 Å². The molecule has 3 heterocycles. The monoisotopic (exact) mass is 439 g/mol. The number of nitrogens with zero attached hydrogens (tertiary/aromatic N) is 5. The van der Waals surface area contributed by atoms with Gasteiger partial charge in [0.15, 0.2) is 11.5 Å². The standard InChI is InChI=1S/C20H17N5O5S/c1-11-7-13-8-16-17(30-10-29-16)9-15(13)18(12-3-5-14(6-4-12)25(27)28)22-24(11)20-21-19(26)23(2)31-20/h3-6,8-9,11H,7,10H2,1-2H3/t11-/m1/s1. The molecule has 5 rings (SSSR count). The van der Waals surface area contributed by atoms with Crippen molar-refractivity contribution in [2.45, 2.75) is 19.4 Å². The summed E-state index contributed by atoms with van der Waals surface area (Å²) in [5.41, 5.74) is 2.81. The van der Waals surface area contributed by atoms with Crippen molar-refractivity contribution in [1.29, 1.82) is 0 Å². The van der Waals surface area contributed by atoms with Crippen molar-refractivity contribution in [2.24, 2.45) is 12.1 Å². The largest absolute Gasteiger partial charge is 0.454 e. The van der Waals surface area contributed by atoms with Crippen molar-refractivity contribution < 1.29 is 14.4 Å². The molecule has 2 aliphatic rings. The van der Waals surface area contributed by atoms with E-state index in [2.05, 4.69) is 4.98 Å². The summed E-state index contributed by atoms with van der Waals surface area (Å²) in [5, 5.41) is 18.2. The Labute approximate surface area is 180 Å². The number of nitro benzene ring substituents is 1. The number of hydrazone groups is 1. The van der Waals surface area contributed by atoms with Crippen molar-refractivity contribution in [3.05, 3.63) is 73.7 Å². The highest BCUT2D eigenvalue weighted by Crippen LogP contribution is 2.38. The number of hydrogen-bond donors (Lipinski definition) is 0. The third kappa shape index (κ3) is 3.32. The van der Waals surface area contributed by atoms with Crippen LogP contribution in [0.25, 0.3) is 0 Å². The second kappa shape index (κ2) is 7.20. The zero-order valence-corrected chi connectivity index (χ0v) is 17.5. The average molecular weight is 439 g/mol. The molecule has 0 saturated carbocycles. The van der Waals surface area contributed by atoms with Gasteiger partial charge in [-0.1, -0.05) is 0 Å². The van der Waals surface area contributed by atoms with E-state index in [4.69, 9.17) is 14.6 Å². The van der Waals surface area contributed by atoms with Crippen LogP contribution in [0.4, 0.5) is 10.8 Å². The van der Waals surface area contributed by atoms with Gasteiger partial charge in [-0.2, -0.15) is 10.1 Å². The Balaban J connectivity index is 1.70. The molecule has 0 unspecified atom stereocenters. The zero-order valence-electron chi connectivity index (χ0n) is 16.6. The molecule has 0 amide bonds. The van der Waals surface area contributed by atoms with Crippen molar-refractivity contribution in [3.63, 3.8) is 0 Å². The Morgan fingerprint density at radius 2 is 1.90 bits per heavy atom. The van der Waals surface area contributed by atoms with E-state index in [-0.39, 0.29) is 24.2 Å². The first-order valence-electron chi connectivity index (χ1n) is 9.50. The van der Waals surface area contributed by atoms with Crippen LogP contribution < -0.4 is 20.2 Å². The van der Waals surface area contributed by atoms with Gasteiger partial charge < -0.3 is 9.47 Å². The number of non-ortho nitro benzene ring substituents is 1. The van der Waals surface area contributed by atoms with Crippen LogP contribution in [0.3, 0.4) is 0 Å². The number of nitro groups is 1. The maximum Gasteiger partial charge on any atom is 0.359 e. The fourth-order valence-electron chi connectivity index (χ4n) is 3.65. The highest BCUT2D eigenvalue weighted by Gasteiger charge is 2.29. The number of ether oxygens (including phenoxy) is 2. The van der Waals surface area contributed by atoms with E-state index < -0.39 is 4.92 Å². The van der Waals surface area contributed by atoms with Gasteiger partial charge in [0.05, 0.1) is 16.7 Å². The quantitative estimate of drug-likeness (QED) is 0.455. The molecular formula is C20H17N5O5S. The van der Waals surface area contributed by atoms with Crippen LogP contribution in [-0.2, 0) is 13.5 Å². The van der Waals surface area contributed by atoms with E-state index in [1.165, 1.54) is 27.6 Å². The number of fused-ring (bicyclic) bond motifs is 2. The summed E-state index contributed by atoms with van der Waals surface area (Å²) in [4.78, 5) is 26.7. The molecule has 0 fully saturated rings.